The number of hydrogen-bond donors (Lipinski definition) is 0. The van der Waals surface area contributed by atoms with Crippen molar-refractivity contribution in [3.8, 4) is 0 Å². The molecule has 0 spiro atoms. The molecule has 1 aromatic rings. The van der Waals surface area contributed by atoms with Gasteiger partial charge in [-0.2, -0.15) is 0 Å². The molecule has 1 rings (SSSR count). The first-order valence-electron chi connectivity index (χ1n) is 3.70. The molecule has 0 N–H and O–H groups in total. The van der Waals surface area contributed by atoms with E-state index in [4.69, 9.17) is 0 Å². The van der Waals surface area contributed by atoms with E-state index < -0.39 is 11.9 Å². The third-order valence-electron chi connectivity index (χ3n) is 1.59. The number of ether oxygens (including phenoxy) is 1. The first-order chi connectivity index (χ1) is 6.69. The summed E-state index contributed by atoms with van der Waals surface area (Å²) in [5.74, 6) is -0.968. The molecule has 14 heavy (non-hydrogen) atoms. The van der Waals surface area contributed by atoms with Crippen molar-refractivity contribution in [2.45, 2.75) is 0 Å². The zero-order valence-corrected chi connectivity index (χ0v) is 9.48. The van der Waals surface area contributed by atoms with E-state index in [9.17, 15) is 9.59 Å². The Bertz CT molecular complexity index is 330. The van der Waals surface area contributed by atoms with Gasteiger partial charge in [0.2, 0.25) is 0 Å². The predicted octanol–water partition coefficient (Wildman–Crippen LogP) is 1.98. The van der Waals surface area contributed by atoms with Gasteiger partial charge in [-0.25, -0.2) is 9.59 Å². The summed E-state index contributed by atoms with van der Waals surface area (Å²) in [6, 6.07) is 6.14. The highest BCUT2D eigenvalue weighted by molar-refractivity contribution is 14.1. The third-order valence-corrected chi connectivity index (χ3v) is 1.99. The Morgan fingerprint density at radius 1 is 1.21 bits per heavy atom. The second-order valence-corrected chi connectivity index (χ2v) is 2.88. The molecule has 1 aromatic carbocycles. The van der Waals surface area contributed by atoms with E-state index in [-0.39, 0.29) is 0 Å². The van der Waals surface area contributed by atoms with Crippen LogP contribution in [0.15, 0.2) is 24.3 Å². The summed E-state index contributed by atoms with van der Waals surface area (Å²) < 4.78 is 9.00. The lowest BCUT2D eigenvalue weighted by molar-refractivity contribution is 0.0600. The molecule has 0 aromatic heterocycles. The van der Waals surface area contributed by atoms with Gasteiger partial charge in [-0.1, -0.05) is 6.07 Å². The van der Waals surface area contributed by atoms with E-state index in [0.29, 0.717) is 11.1 Å². The predicted molar refractivity (Wildman–Crippen MR) is 57.2 cm³/mol. The quantitative estimate of drug-likeness (QED) is 0.619. The van der Waals surface area contributed by atoms with Crippen LogP contribution < -0.4 is 0 Å². The van der Waals surface area contributed by atoms with Crippen LogP contribution in [-0.2, 0) is 7.80 Å². The van der Waals surface area contributed by atoms with Crippen molar-refractivity contribution >= 4 is 34.9 Å². The van der Waals surface area contributed by atoms with Crippen molar-refractivity contribution in [3.63, 3.8) is 0 Å². The van der Waals surface area contributed by atoms with Gasteiger partial charge in [0.1, 0.15) is 0 Å². The fraction of sp³-hybridized carbons (Fsp3) is 0.111. The average Bonchev–Trinajstić information content (AvgIpc) is 2.27. The molecule has 0 unspecified atom stereocenters. The number of benzene rings is 1. The number of halogens is 1. The number of methoxy groups -OCH3 is 1. The minimum atomic E-state index is -0.489. The van der Waals surface area contributed by atoms with Crippen molar-refractivity contribution in [1.29, 1.82) is 0 Å². The molecule has 5 heteroatoms. The third kappa shape index (κ3) is 2.44. The average molecular weight is 306 g/mol. The summed E-state index contributed by atoms with van der Waals surface area (Å²) in [6.07, 6.45) is 0. The zero-order chi connectivity index (χ0) is 10.6. The standard InChI is InChI=1S/C9H7IO4/c1-13-8(11)6-3-2-4-7(5-6)9(12)14-10/h2-5H,1H3. The molecule has 0 bridgehead atoms. The molecule has 0 saturated heterocycles. The highest BCUT2D eigenvalue weighted by Crippen LogP contribution is 2.09. The van der Waals surface area contributed by atoms with Crippen LogP contribution in [0.4, 0.5) is 0 Å². The molecule has 0 heterocycles. The first kappa shape index (κ1) is 11.0. The van der Waals surface area contributed by atoms with E-state index in [0.717, 1.165) is 0 Å². The molecule has 0 atom stereocenters. The minimum absolute atomic E-state index is 0.322. The summed E-state index contributed by atoms with van der Waals surface area (Å²) >= 11 is 1.49. The lowest BCUT2D eigenvalue weighted by Gasteiger charge is -2.00. The van der Waals surface area contributed by atoms with Gasteiger partial charge < -0.3 is 7.80 Å². The van der Waals surface area contributed by atoms with Crippen molar-refractivity contribution in [2.24, 2.45) is 0 Å². The Kier molecular flexibility index (Phi) is 3.87. The second-order valence-electron chi connectivity index (χ2n) is 2.44. The van der Waals surface area contributed by atoms with Crippen molar-refractivity contribution < 1.29 is 17.4 Å². The van der Waals surface area contributed by atoms with Gasteiger partial charge >= 0.3 is 11.9 Å². The van der Waals surface area contributed by atoms with Crippen LogP contribution in [0.2, 0.25) is 0 Å². The Morgan fingerprint density at radius 2 is 1.79 bits per heavy atom. The molecular formula is C9H7IO4. The summed E-state index contributed by atoms with van der Waals surface area (Å²) in [5, 5.41) is 0. The maximum atomic E-state index is 11.1. The van der Waals surface area contributed by atoms with Crippen LogP contribution in [0.5, 0.6) is 0 Å². The minimum Gasteiger partial charge on any atom is -0.465 e. The molecule has 0 aliphatic heterocycles. The summed E-state index contributed by atoms with van der Waals surface area (Å²) in [5.41, 5.74) is 0.647. The fourth-order valence-electron chi connectivity index (χ4n) is 0.936. The fourth-order valence-corrected chi connectivity index (χ4v) is 1.19. The molecule has 74 valence electrons. The first-order valence-corrected chi connectivity index (χ1v) is 4.58. The monoisotopic (exact) mass is 306 g/mol. The van der Waals surface area contributed by atoms with Crippen molar-refractivity contribution in [3.05, 3.63) is 35.4 Å². The number of carbonyl (C=O) groups is 2. The molecule has 0 fully saturated rings. The van der Waals surface area contributed by atoms with Crippen LogP contribution in [0, 0.1) is 0 Å². The van der Waals surface area contributed by atoms with Gasteiger partial charge in [0, 0.05) is 0 Å². The second kappa shape index (κ2) is 4.94. The highest BCUT2D eigenvalue weighted by atomic mass is 127. The topological polar surface area (TPSA) is 52.6 Å². The van der Waals surface area contributed by atoms with Crippen LogP contribution >= 0.6 is 23.0 Å². The van der Waals surface area contributed by atoms with E-state index in [1.807, 2.05) is 0 Å². The SMILES string of the molecule is COC(=O)c1cccc(C(=O)OI)c1. The van der Waals surface area contributed by atoms with Crippen molar-refractivity contribution in [2.75, 3.05) is 7.11 Å². The molecule has 0 aliphatic carbocycles. The Balaban J connectivity index is 3.01. The van der Waals surface area contributed by atoms with Crippen molar-refractivity contribution in [1.82, 2.24) is 0 Å². The molecule has 4 nitrogen and oxygen atoms in total. The smallest absolute Gasteiger partial charge is 0.347 e. The number of esters is 1. The molecule has 0 amide bonds. The summed E-state index contributed by atoms with van der Waals surface area (Å²) in [7, 11) is 1.28. The Hall–Kier alpha value is -1.11. The maximum absolute atomic E-state index is 11.1. The van der Waals surface area contributed by atoms with Gasteiger partial charge in [-0.3, -0.25) is 0 Å². The molecule has 0 saturated carbocycles. The van der Waals surface area contributed by atoms with Gasteiger partial charge in [0.05, 0.1) is 18.2 Å². The lowest BCUT2D eigenvalue weighted by Crippen LogP contribution is -2.04. The number of hydrogen-bond acceptors (Lipinski definition) is 4. The Labute approximate surface area is 94.9 Å². The van der Waals surface area contributed by atoms with Crippen LogP contribution in [0.25, 0.3) is 0 Å². The number of carbonyl (C=O) groups excluding carboxylic acids is 2. The van der Waals surface area contributed by atoms with Crippen LogP contribution in [0.1, 0.15) is 20.7 Å². The summed E-state index contributed by atoms with van der Waals surface area (Å²) in [4.78, 5) is 22.2. The summed E-state index contributed by atoms with van der Waals surface area (Å²) in [6.45, 7) is 0. The van der Waals surface area contributed by atoms with Crippen LogP contribution in [0.3, 0.4) is 0 Å². The van der Waals surface area contributed by atoms with E-state index >= 15 is 0 Å². The maximum Gasteiger partial charge on any atom is 0.347 e. The molecule has 0 radical (unpaired) electrons. The zero-order valence-electron chi connectivity index (χ0n) is 7.32. The number of rotatable bonds is 2. The van der Waals surface area contributed by atoms with E-state index in [1.165, 1.54) is 36.2 Å². The highest BCUT2D eigenvalue weighted by Gasteiger charge is 2.10. The van der Waals surface area contributed by atoms with E-state index in [2.05, 4.69) is 7.80 Å². The largest absolute Gasteiger partial charge is 0.465 e. The molecule has 0 aliphatic rings. The normalized spacial score (nSPS) is 9.29. The van der Waals surface area contributed by atoms with Gasteiger partial charge in [0.15, 0.2) is 23.0 Å². The van der Waals surface area contributed by atoms with Gasteiger partial charge in [-0.05, 0) is 18.2 Å². The van der Waals surface area contributed by atoms with Gasteiger partial charge in [0.25, 0.3) is 0 Å². The molecular weight excluding hydrogens is 299 g/mol. The van der Waals surface area contributed by atoms with E-state index in [1.54, 1.807) is 18.2 Å². The Morgan fingerprint density at radius 3 is 2.29 bits per heavy atom. The van der Waals surface area contributed by atoms with Gasteiger partial charge in [-0.15, -0.1) is 0 Å². The van der Waals surface area contributed by atoms with Crippen LogP contribution in [-0.4, -0.2) is 19.0 Å². The lowest BCUT2D eigenvalue weighted by atomic mass is 10.1.